The summed E-state index contributed by atoms with van der Waals surface area (Å²) in [4.78, 5) is 1.26. The van der Waals surface area contributed by atoms with Gasteiger partial charge in [0.1, 0.15) is 18.2 Å². The fourth-order valence-corrected chi connectivity index (χ4v) is 2.15. The third kappa shape index (κ3) is 3.34. The highest BCUT2D eigenvalue weighted by Gasteiger charge is 2.24. The fraction of sp³-hybridized carbons (Fsp3) is 0.176. The van der Waals surface area contributed by atoms with Crippen LogP contribution in [0.3, 0.4) is 0 Å². The SMILES string of the molecule is C#CCOc1cccc(F)c1C1=CC=CC(=C)N1CC(F)F. The molecule has 0 amide bonds. The Morgan fingerprint density at radius 2 is 2.14 bits per heavy atom. The zero-order valence-corrected chi connectivity index (χ0v) is 11.7. The van der Waals surface area contributed by atoms with Crippen molar-refractivity contribution in [2.75, 3.05) is 13.2 Å². The highest BCUT2D eigenvalue weighted by molar-refractivity contribution is 5.74. The lowest BCUT2D eigenvalue weighted by molar-refractivity contribution is 0.123. The van der Waals surface area contributed by atoms with Gasteiger partial charge >= 0.3 is 0 Å². The molecule has 2 rings (SSSR count). The van der Waals surface area contributed by atoms with Gasteiger partial charge in [0.25, 0.3) is 6.43 Å². The van der Waals surface area contributed by atoms with Crippen molar-refractivity contribution in [3.63, 3.8) is 0 Å². The van der Waals surface area contributed by atoms with E-state index in [-0.39, 0.29) is 23.6 Å². The van der Waals surface area contributed by atoms with Crippen LogP contribution in [-0.4, -0.2) is 24.5 Å². The van der Waals surface area contributed by atoms with Crippen molar-refractivity contribution in [2.24, 2.45) is 0 Å². The van der Waals surface area contributed by atoms with Gasteiger partial charge in [-0.05, 0) is 24.3 Å². The highest BCUT2D eigenvalue weighted by Crippen LogP contribution is 2.35. The number of alkyl halides is 2. The minimum absolute atomic E-state index is 0.0463. The van der Waals surface area contributed by atoms with E-state index >= 15 is 0 Å². The van der Waals surface area contributed by atoms with E-state index in [2.05, 4.69) is 12.5 Å². The first-order chi connectivity index (χ1) is 10.5. The van der Waals surface area contributed by atoms with Gasteiger partial charge in [0.05, 0.1) is 17.8 Å². The van der Waals surface area contributed by atoms with Crippen LogP contribution in [0.1, 0.15) is 5.56 Å². The number of benzene rings is 1. The minimum Gasteiger partial charge on any atom is -0.480 e. The van der Waals surface area contributed by atoms with E-state index in [0.717, 1.165) is 0 Å². The van der Waals surface area contributed by atoms with Crippen molar-refractivity contribution in [3.05, 3.63) is 60.1 Å². The van der Waals surface area contributed by atoms with Gasteiger partial charge in [-0.25, -0.2) is 13.2 Å². The van der Waals surface area contributed by atoms with Crippen molar-refractivity contribution < 1.29 is 17.9 Å². The van der Waals surface area contributed by atoms with E-state index < -0.39 is 18.8 Å². The molecule has 1 heterocycles. The average molecular weight is 305 g/mol. The maximum atomic E-state index is 14.3. The number of hydrogen-bond acceptors (Lipinski definition) is 2. The molecule has 0 atom stereocenters. The van der Waals surface area contributed by atoms with Crippen molar-refractivity contribution in [3.8, 4) is 18.1 Å². The maximum Gasteiger partial charge on any atom is 0.256 e. The van der Waals surface area contributed by atoms with Crippen LogP contribution in [-0.2, 0) is 0 Å². The summed E-state index contributed by atoms with van der Waals surface area (Å²) >= 11 is 0. The Morgan fingerprint density at radius 1 is 1.36 bits per heavy atom. The molecule has 1 aromatic rings. The van der Waals surface area contributed by atoms with Gasteiger partial charge in [-0.15, -0.1) is 6.42 Å². The molecule has 114 valence electrons. The molecule has 0 aliphatic carbocycles. The quantitative estimate of drug-likeness (QED) is 0.767. The number of rotatable bonds is 5. The second-order valence-corrected chi connectivity index (χ2v) is 4.51. The summed E-state index contributed by atoms with van der Waals surface area (Å²) < 4.78 is 45.2. The van der Waals surface area contributed by atoms with Crippen LogP contribution >= 0.6 is 0 Å². The molecular weight excluding hydrogens is 291 g/mol. The molecule has 0 spiro atoms. The normalized spacial score (nSPS) is 14.0. The fourth-order valence-electron chi connectivity index (χ4n) is 2.15. The first-order valence-electron chi connectivity index (χ1n) is 6.52. The van der Waals surface area contributed by atoms with E-state index in [4.69, 9.17) is 11.2 Å². The Labute approximate surface area is 127 Å². The average Bonchev–Trinajstić information content (AvgIpc) is 2.47. The summed E-state index contributed by atoms with van der Waals surface area (Å²) in [6.45, 7) is 3.08. The molecule has 0 N–H and O–H groups in total. The summed E-state index contributed by atoms with van der Waals surface area (Å²) in [6, 6.07) is 4.24. The lowest BCUT2D eigenvalue weighted by Gasteiger charge is -2.30. The largest absolute Gasteiger partial charge is 0.480 e. The van der Waals surface area contributed by atoms with Crippen LogP contribution in [0.25, 0.3) is 5.70 Å². The van der Waals surface area contributed by atoms with E-state index in [9.17, 15) is 13.2 Å². The predicted octanol–water partition coefficient (Wildman–Crippen LogP) is 3.83. The lowest BCUT2D eigenvalue weighted by atomic mass is 10.0. The Balaban J connectivity index is 2.48. The van der Waals surface area contributed by atoms with Crippen molar-refractivity contribution in [1.29, 1.82) is 0 Å². The zero-order valence-electron chi connectivity index (χ0n) is 11.7. The van der Waals surface area contributed by atoms with Gasteiger partial charge in [0.15, 0.2) is 0 Å². The van der Waals surface area contributed by atoms with Crippen LogP contribution in [0, 0.1) is 18.2 Å². The minimum atomic E-state index is -2.59. The molecule has 1 aliphatic heterocycles. The van der Waals surface area contributed by atoms with Gasteiger partial charge in [0.2, 0.25) is 0 Å². The first-order valence-corrected chi connectivity index (χ1v) is 6.52. The molecule has 0 aromatic heterocycles. The molecule has 0 saturated carbocycles. The lowest BCUT2D eigenvalue weighted by Crippen LogP contribution is -2.28. The standard InChI is InChI=1S/C17H14F3NO/c1-3-10-22-15-9-5-7-13(18)17(15)14-8-4-6-12(2)21(14)11-16(19)20/h1,4-9,16H,2,10-11H2. The molecule has 0 fully saturated rings. The topological polar surface area (TPSA) is 12.5 Å². The Kier molecular flexibility index (Phi) is 4.95. The molecule has 0 unspecified atom stereocenters. The number of ether oxygens (including phenoxy) is 1. The molecule has 5 heteroatoms. The molecule has 0 radical (unpaired) electrons. The van der Waals surface area contributed by atoms with E-state index in [1.165, 1.54) is 29.2 Å². The number of terminal acetylenes is 1. The van der Waals surface area contributed by atoms with E-state index in [1.54, 1.807) is 12.2 Å². The Bertz CT molecular complexity index is 671. The molecule has 2 nitrogen and oxygen atoms in total. The number of nitrogens with zero attached hydrogens (tertiary/aromatic N) is 1. The second kappa shape index (κ2) is 6.90. The van der Waals surface area contributed by atoms with Crippen LogP contribution < -0.4 is 4.74 Å². The highest BCUT2D eigenvalue weighted by atomic mass is 19.3. The van der Waals surface area contributed by atoms with Crippen LogP contribution in [0.2, 0.25) is 0 Å². The molecule has 1 aliphatic rings. The molecule has 0 bridgehead atoms. The summed E-state index contributed by atoms with van der Waals surface area (Å²) in [5.41, 5.74) is 0.700. The van der Waals surface area contributed by atoms with Gasteiger partial charge in [-0.3, -0.25) is 0 Å². The predicted molar refractivity (Wildman–Crippen MR) is 79.7 cm³/mol. The first kappa shape index (κ1) is 15.8. The summed E-state index contributed by atoms with van der Waals surface area (Å²) in [5.74, 6) is 1.91. The smallest absolute Gasteiger partial charge is 0.256 e. The third-order valence-corrected chi connectivity index (χ3v) is 3.04. The molecule has 1 aromatic carbocycles. The number of allylic oxidation sites excluding steroid dienone is 3. The molecule has 22 heavy (non-hydrogen) atoms. The van der Waals surface area contributed by atoms with Crippen molar-refractivity contribution >= 4 is 5.70 Å². The van der Waals surface area contributed by atoms with Gasteiger partial charge in [0, 0.05) is 5.70 Å². The van der Waals surface area contributed by atoms with Crippen LogP contribution in [0.5, 0.6) is 5.75 Å². The van der Waals surface area contributed by atoms with Gasteiger partial charge < -0.3 is 9.64 Å². The molecule has 0 saturated heterocycles. The van der Waals surface area contributed by atoms with Gasteiger partial charge in [-0.1, -0.05) is 24.6 Å². The number of hydrogen-bond donors (Lipinski definition) is 0. The monoisotopic (exact) mass is 305 g/mol. The summed E-state index contributed by atoms with van der Waals surface area (Å²) in [7, 11) is 0. The maximum absolute atomic E-state index is 14.3. The van der Waals surface area contributed by atoms with E-state index in [1.807, 2.05) is 0 Å². The van der Waals surface area contributed by atoms with Crippen LogP contribution in [0.4, 0.5) is 13.2 Å². The molecular formula is C17H14F3NO. The summed E-state index contributed by atoms with van der Waals surface area (Å²) in [6.07, 6.45) is 7.29. The Hall–Kier alpha value is -2.61. The number of halogens is 3. The summed E-state index contributed by atoms with van der Waals surface area (Å²) in [5, 5.41) is 0. The second-order valence-electron chi connectivity index (χ2n) is 4.51. The van der Waals surface area contributed by atoms with Crippen molar-refractivity contribution in [2.45, 2.75) is 6.43 Å². The zero-order chi connectivity index (χ0) is 16.1. The van der Waals surface area contributed by atoms with Gasteiger partial charge in [-0.2, -0.15) is 0 Å². The van der Waals surface area contributed by atoms with Crippen LogP contribution in [0.15, 0.2) is 48.7 Å². The Morgan fingerprint density at radius 3 is 2.82 bits per heavy atom. The van der Waals surface area contributed by atoms with Crippen molar-refractivity contribution in [1.82, 2.24) is 4.90 Å². The van der Waals surface area contributed by atoms with E-state index in [0.29, 0.717) is 5.70 Å². The third-order valence-electron chi connectivity index (χ3n) is 3.04.